The minimum Gasteiger partial charge on any atom is -0.508 e. The predicted octanol–water partition coefficient (Wildman–Crippen LogP) is 5.99. The van der Waals surface area contributed by atoms with Gasteiger partial charge >= 0.3 is 0 Å². The van der Waals surface area contributed by atoms with Crippen LogP contribution in [0.2, 0.25) is 0 Å². The van der Waals surface area contributed by atoms with Gasteiger partial charge < -0.3 is 19.6 Å². The van der Waals surface area contributed by atoms with Crippen LogP contribution in [0.5, 0.6) is 5.75 Å². The average molecular weight is 522 g/mol. The third kappa shape index (κ3) is 6.43. The number of nitrogens with zero attached hydrogens (tertiary/aromatic N) is 1. The standard InChI is InChI=1S/C33H48N2O3/c1-26(2)24-35(3)21-20-32(28-15-11-16-30(36)22-28)23-29(18-19-33(32,25-35)38-4)34-31(37)17-10-6-9-14-27-12-7-5-8-13-27/h5,7-8,11-13,15-16,22,26,29H,6,9-10,14,17-21,23-25H2,1-4H3,(H-,34,36,37)/p+1/t29-,32+,33?,35-/m0/s1. The fourth-order valence-corrected chi connectivity index (χ4v) is 7.66. The van der Waals surface area contributed by atoms with E-state index >= 15 is 0 Å². The Bertz CT molecular complexity index is 1060. The van der Waals surface area contributed by atoms with Gasteiger partial charge in [0.05, 0.1) is 20.1 Å². The van der Waals surface area contributed by atoms with Crippen molar-refractivity contribution in [3.63, 3.8) is 0 Å². The van der Waals surface area contributed by atoms with Gasteiger partial charge in [0.25, 0.3) is 0 Å². The number of nitrogens with one attached hydrogen (secondary N) is 1. The molecule has 4 rings (SSSR count). The summed E-state index contributed by atoms with van der Waals surface area (Å²) in [5, 5.41) is 13.8. The molecule has 2 aromatic rings. The van der Waals surface area contributed by atoms with Gasteiger partial charge in [0.15, 0.2) is 0 Å². The van der Waals surface area contributed by atoms with E-state index in [9.17, 15) is 9.90 Å². The van der Waals surface area contributed by atoms with Gasteiger partial charge in [0.1, 0.15) is 17.9 Å². The number of piperidine rings is 1. The summed E-state index contributed by atoms with van der Waals surface area (Å²) in [6.45, 7) is 7.76. The van der Waals surface area contributed by atoms with Gasteiger partial charge in [0.2, 0.25) is 5.91 Å². The molecule has 0 bridgehead atoms. The van der Waals surface area contributed by atoms with Crippen molar-refractivity contribution < 1.29 is 19.1 Å². The monoisotopic (exact) mass is 521 g/mol. The Hall–Kier alpha value is -2.37. The summed E-state index contributed by atoms with van der Waals surface area (Å²) in [7, 11) is 4.25. The molecule has 5 nitrogen and oxygen atoms in total. The molecule has 2 aliphatic rings. The second-order valence-corrected chi connectivity index (χ2v) is 12.7. The molecule has 38 heavy (non-hydrogen) atoms. The SMILES string of the molecule is COC12CC[C@H](NC(=O)CCCCCc3ccccc3)C[C@@]1(c1cccc(O)c1)CC[N@@+](C)(CC(C)C)C2. The number of hydrogen-bond acceptors (Lipinski definition) is 3. The first kappa shape index (κ1) is 28.6. The molecular weight excluding hydrogens is 472 g/mol. The number of carbonyl (C=O) groups excluding carboxylic acids is 1. The van der Waals surface area contributed by atoms with Gasteiger partial charge in [-0.15, -0.1) is 0 Å². The van der Waals surface area contributed by atoms with Crippen LogP contribution in [0.25, 0.3) is 0 Å². The molecule has 1 heterocycles. The van der Waals surface area contributed by atoms with E-state index in [4.69, 9.17) is 4.74 Å². The van der Waals surface area contributed by atoms with Gasteiger partial charge in [-0.05, 0) is 61.8 Å². The van der Waals surface area contributed by atoms with E-state index in [0.717, 1.165) is 81.0 Å². The topological polar surface area (TPSA) is 58.6 Å². The molecule has 0 aromatic heterocycles. The van der Waals surface area contributed by atoms with E-state index in [1.54, 1.807) is 6.07 Å². The first-order chi connectivity index (χ1) is 18.2. The van der Waals surface area contributed by atoms with Crippen molar-refractivity contribution in [3.8, 4) is 5.75 Å². The molecule has 5 heteroatoms. The molecule has 0 radical (unpaired) electrons. The number of ether oxygens (including phenoxy) is 1. The third-order valence-corrected chi connectivity index (χ3v) is 9.25. The number of phenolic OH excluding ortho intramolecular Hbond substituents is 1. The Labute approximate surface area is 230 Å². The van der Waals surface area contributed by atoms with Crippen molar-refractivity contribution in [1.82, 2.24) is 5.32 Å². The van der Waals surface area contributed by atoms with Crippen LogP contribution >= 0.6 is 0 Å². The summed E-state index contributed by atoms with van der Waals surface area (Å²) < 4.78 is 7.54. The minimum absolute atomic E-state index is 0.124. The second kappa shape index (κ2) is 12.2. The summed E-state index contributed by atoms with van der Waals surface area (Å²) in [6, 6.07) is 18.5. The zero-order chi connectivity index (χ0) is 27.2. The number of amides is 1. The van der Waals surface area contributed by atoms with Gasteiger partial charge in [-0.25, -0.2) is 0 Å². The molecule has 1 saturated carbocycles. The Morgan fingerprint density at radius 2 is 1.89 bits per heavy atom. The highest BCUT2D eigenvalue weighted by atomic mass is 16.5. The van der Waals surface area contributed by atoms with E-state index in [-0.39, 0.29) is 23.0 Å². The maximum Gasteiger partial charge on any atom is 0.220 e. The number of likely N-dealkylation sites (tertiary alicyclic amines) is 1. The number of aryl methyl sites for hydroxylation is 1. The number of unbranched alkanes of at least 4 members (excludes halogenated alkanes) is 2. The van der Waals surface area contributed by atoms with Gasteiger partial charge in [-0.1, -0.05) is 62.7 Å². The third-order valence-electron chi connectivity index (χ3n) is 9.25. The Morgan fingerprint density at radius 1 is 1.11 bits per heavy atom. The molecule has 1 aliphatic heterocycles. The first-order valence-electron chi connectivity index (χ1n) is 14.7. The van der Waals surface area contributed by atoms with Crippen molar-refractivity contribution in [1.29, 1.82) is 0 Å². The molecule has 1 aliphatic carbocycles. The highest BCUT2D eigenvalue weighted by Gasteiger charge is 2.62. The minimum atomic E-state index is -0.318. The lowest BCUT2D eigenvalue weighted by molar-refractivity contribution is -0.926. The van der Waals surface area contributed by atoms with E-state index < -0.39 is 0 Å². The predicted molar refractivity (Wildman–Crippen MR) is 154 cm³/mol. The number of methoxy groups -OCH3 is 1. The van der Waals surface area contributed by atoms with Crippen molar-refractivity contribution in [2.75, 3.05) is 33.8 Å². The van der Waals surface area contributed by atoms with Crippen LogP contribution in [0.1, 0.15) is 76.3 Å². The number of quaternary nitrogens is 1. The lowest BCUT2D eigenvalue weighted by Crippen LogP contribution is -2.72. The van der Waals surface area contributed by atoms with Crippen LogP contribution in [-0.2, 0) is 21.4 Å². The molecule has 1 unspecified atom stereocenters. The Balaban J connectivity index is 1.43. The second-order valence-electron chi connectivity index (χ2n) is 12.7. The zero-order valence-electron chi connectivity index (χ0n) is 24.0. The van der Waals surface area contributed by atoms with Crippen molar-refractivity contribution in [2.24, 2.45) is 5.92 Å². The maximum absolute atomic E-state index is 13.0. The number of likely N-dealkylation sites (N-methyl/N-ethyl adjacent to an activating group) is 1. The molecule has 2 aromatic carbocycles. The molecule has 2 N–H and O–H groups in total. The van der Waals surface area contributed by atoms with Crippen LogP contribution < -0.4 is 5.32 Å². The first-order valence-corrected chi connectivity index (χ1v) is 14.7. The summed E-state index contributed by atoms with van der Waals surface area (Å²) in [4.78, 5) is 13.0. The average Bonchev–Trinajstić information content (AvgIpc) is 2.88. The summed E-state index contributed by atoms with van der Waals surface area (Å²) in [6.07, 6.45) is 8.45. The maximum atomic E-state index is 13.0. The van der Waals surface area contributed by atoms with Crippen LogP contribution in [0.3, 0.4) is 0 Å². The molecule has 208 valence electrons. The molecule has 0 spiro atoms. The van der Waals surface area contributed by atoms with E-state index in [2.05, 4.69) is 62.6 Å². The van der Waals surface area contributed by atoms with Gasteiger partial charge in [-0.2, -0.15) is 0 Å². The number of benzene rings is 2. The summed E-state index contributed by atoms with van der Waals surface area (Å²) in [5.41, 5.74) is 1.96. The van der Waals surface area contributed by atoms with Crippen LogP contribution in [0.15, 0.2) is 54.6 Å². The van der Waals surface area contributed by atoms with E-state index in [0.29, 0.717) is 18.1 Å². The smallest absolute Gasteiger partial charge is 0.220 e. The summed E-state index contributed by atoms with van der Waals surface area (Å²) in [5.74, 6) is 1.08. The number of carbonyl (C=O) groups is 1. The Morgan fingerprint density at radius 3 is 2.61 bits per heavy atom. The van der Waals surface area contributed by atoms with Crippen LogP contribution in [0.4, 0.5) is 0 Å². The van der Waals surface area contributed by atoms with Gasteiger partial charge in [0, 0.05) is 37.3 Å². The molecule has 4 atom stereocenters. The largest absolute Gasteiger partial charge is 0.508 e. The van der Waals surface area contributed by atoms with Crippen LogP contribution in [0, 0.1) is 5.92 Å². The molecular formula is C33H49N2O3+. The number of phenols is 1. The normalized spacial score (nSPS) is 29.1. The fraction of sp³-hybridized carbons (Fsp3) is 0.606. The lowest BCUT2D eigenvalue weighted by Gasteiger charge is -2.61. The van der Waals surface area contributed by atoms with Gasteiger partial charge in [-0.3, -0.25) is 4.79 Å². The Kier molecular flexibility index (Phi) is 9.20. The zero-order valence-corrected chi connectivity index (χ0v) is 24.0. The molecule has 1 saturated heterocycles. The summed E-state index contributed by atoms with van der Waals surface area (Å²) >= 11 is 0. The highest BCUT2D eigenvalue weighted by Crippen LogP contribution is 2.55. The number of fused-ring (bicyclic) bond motifs is 1. The fourth-order valence-electron chi connectivity index (χ4n) is 7.66. The number of rotatable bonds is 11. The molecule has 1 amide bonds. The van der Waals surface area contributed by atoms with Crippen LogP contribution in [-0.4, -0.2) is 60.9 Å². The number of aromatic hydroxyl groups is 1. The van der Waals surface area contributed by atoms with E-state index in [1.807, 2.05) is 19.2 Å². The highest BCUT2D eigenvalue weighted by molar-refractivity contribution is 5.76. The quantitative estimate of drug-likeness (QED) is 0.282. The lowest BCUT2D eigenvalue weighted by atomic mass is 9.54. The van der Waals surface area contributed by atoms with E-state index in [1.165, 1.54) is 5.56 Å². The molecule has 2 fully saturated rings. The van der Waals surface area contributed by atoms with Crippen molar-refractivity contribution in [3.05, 3.63) is 65.7 Å². The number of hydrogen-bond donors (Lipinski definition) is 2. The van der Waals surface area contributed by atoms with Crippen molar-refractivity contribution >= 4 is 5.91 Å². The van der Waals surface area contributed by atoms with Crippen molar-refractivity contribution in [2.45, 2.75) is 88.7 Å².